The van der Waals surface area contributed by atoms with Crippen LogP contribution in [0.3, 0.4) is 0 Å². The second-order valence-electron chi connectivity index (χ2n) is 5.75. The van der Waals surface area contributed by atoms with Gasteiger partial charge in [-0.2, -0.15) is 0 Å². The average molecular weight is 276 g/mol. The third-order valence-electron chi connectivity index (χ3n) is 3.65. The second-order valence-corrected chi connectivity index (χ2v) is 8.01. The van der Waals surface area contributed by atoms with Crippen molar-refractivity contribution < 1.29 is 13.2 Å². The first-order valence-corrected chi connectivity index (χ1v) is 8.28. The van der Waals surface area contributed by atoms with Gasteiger partial charge in [0, 0.05) is 25.9 Å². The molecule has 106 valence electrons. The fraction of sp³-hybridized carbons (Fsp3) is 0.917. The lowest BCUT2D eigenvalue weighted by Gasteiger charge is -2.27. The molecular formula is C12H24N2O3S. The highest BCUT2D eigenvalue weighted by molar-refractivity contribution is 7.91. The molecule has 0 bridgehead atoms. The molecule has 2 atom stereocenters. The highest BCUT2D eigenvalue weighted by atomic mass is 32.2. The van der Waals surface area contributed by atoms with Gasteiger partial charge in [-0.15, -0.1) is 0 Å². The zero-order chi connectivity index (χ0) is 14.0. The Hall–Kier alpha value is -0.620. The zero-order valence-corrected chi connectivity index (χ0v) is 12.4. The fourth-order valence-electron chi connectivity index (χ4n) is 2.48. The molecule has 1 amide bonds. The van der Waals surface area contributed by atoms with E-state index in [1.807, 2.05) is 13.8 Å². The summed E-state index contributed by atoms with van der Waals surface area (Å²) in [6, 6.07) is -0.0241. The lowest BCUT2D eigenvalue weighted by atomic mass is 9.92. The minimum atomic E-state index is -3.01. The summed E-state index contributed by atoms with van der Waals surface area (Å²) in [7, 11) is -1.40. The molecule has 0 spiro atoms. The molecule has 0 aromatic carbocycles. The molecule has 1 fully saturated rings. The lowest BCUT2D eigenvalue weighted by Crippen LogP contribution is -2.48. The quantitative estimate of drug-likeness (QED) is 0.758. The van der Waals surface area contributed by atoms with Crippen LogP contribution in [-0.2, 0) is 14.6 Å². The summed E-state index contributed by atoms with van der Waals surface area (Å²) in [6.45, 7) is 4.19. The highest BCUT2D eigenvalue weighted by Crippen LogP contribution is 2.26. The number of carbonyl (C=O) groups is 1. The minimum Gasteiger partial charge on any atom is -0.359 e. The number of nitrogens with one attached hydrogen (secondary N) is 2. The van der Waals surface area contributed by atoms with E-state index in [9.17, 15) is 13.2 Å². The number of hydrogen-bond acceptors (Lipinski definition) is 4. The van der Waals surface area contributed by atoms with Crippen LogP contribution < -0.4 is 10.6 Å². The smallest absolute Gasteiger partial charge is 0.226 e. The Morgan fingerprint density at radius 3 is 2.44 bits per heavy atom. The van der Waals surface area contributed by atoms with Gasteiger partial charge < -0.3 is 10.6 Å². The third kappa shape index (κ3) is 3.68. The van der Waals surface area contributed by atoms with Gasteiger partial charge in [0.2, 0.25) is 5.91 Å². The van der Waals surface area contributed by atoms with Crippen molar-refractivity contribution in [1.82, 2.24) is 10.6 Å². The Morgan fingerprint density at radius 1 is 1.33 bits per heavy atom. The summed E-state index contributed by atoms with van der Waals surface area (Å²) in [4.78, 5) is 11.6. The molecule has 2 N–H and O–H groups in total. The maximum atomic E-state index is 11.6. The van der Waals surface area contributed by atoms with Crippen LogP contribution in [0.15, 0.2) is 0 Å². The van der Waals surface area contributed by atoms with E-state index < -0.39 is 15.3 Å². The Bertz CT molecular complexity index is 404. The van der Waals surface area contributed by atoms with E-state index in [-0.39, 0.29) is 17.2 Å². The van der Waals surface area contributed by atoms with Crippen molar-refractivity contribution in [1.29, 1.82) is 0 Å². The predicted molar refractivity (Wildman–Crippen MR) is 72.1 cm³/mol. The summed E-state index contributed by atoms with van der Waals surface area (Å²) in [5, 5.41) is 5.57. The molecule has 6 heteroatoms. The molecule has 1 aliphatic carbocycles. The lowest BCUT2D eigenvalue weighted by molar-refractivity contribution is -0.128. The van der Waals surface area contributed by atoms with Gasteiger partial charge in [0.1, 0.15) is 0 Å². The van der Waals surface area contributed by atoms with Crippen LogP contribution in [0.25, 0.3) is 0 Å². The van der Waals surface area contributed by atoms with E-state index >= 15 is 0 Å². The number of sulfone groups is 1. The van der Waals surface area contributed by atoms with E-state index in [2.05, 4.69) is 10.6 Å². The molecule has 1 aliphatic rings. The highest BCUT2D eigenvalue weighted by Gasteiger charge is 2.36. The van der Waals surface area contributed by atoms with Crippen molar-refractivity contribution in [2.75, 3.05) is 19.8 Å². The van der Waals surface area contributed by atoms with Crippen LogP contribution in [0.4, 0.5) is 0 Å². The first-order valence-electron chi connectivity index (χ1n) is 6.33. The minimum absolute atomic E-state index is 0.0241. The SMILES string of the molecule is CNC(=O)C(C)(C)CNC1CCCC1S(C)(=O)=O. The average Bonchev–Trinajstić information content (AvgIpc) is 2.73. The van der Waals surface area contributed by atoms with Gasteiger partial charge in [-0.1, -0.05) is 6.42 Å². The van der Waals surface area contributed by atoms with Crippen LogP contribution in [-0.4, -0.2) is 45.5 Å². The molecule has 0 radical (unpaired) electrons. The summed E-state index contributed by atoms with van der Waals surface area (Å²) in [5.74, 6) is -0.0381. The molecule has 1 saturated carbocycles. The maximum Gasteiger partial charge on any atom is 0.226 e. The summed E-state index contributed by atoms with van der Waals surface area (Å²) < 4.78 is 23.3. The third-order valence-corrected chi connectivity index (χ3v) is 5.31. The van der Waals surface area contributed by atoms with E-state index in [0.717, 1.165) is 19.3 Å². The largest absolute Gasteiger partial charge is 0.359 e. The van der Waals surface area contributed by atoms with Crippen LogP contribution in [0.1, 0.15) is 33.1 Å². The van der Waals surface area contributed by atoms with Crippen LogP contribution in [0.2, 0.25) is 0 Å². The van der Waals surface area contributed by atoms with Gasteiger partial charge in [0.05, 0.1) is 10.7 Å². The molecule has 0 aromatic rings. The molecule has 0 aromatic heterocycles. The standard InChI is InChI=1S/C12H24N2O3S/c1-12(2,11(15)13-3)8-14-9-6-5-7-10(9)18(4,16)17/h9-10,14H,5-8H2,1-4H3,(H,13,15). The van der Waals surface area contributed by atoms with Crippen molar-refractivity contribution >= 4 is 15.7 Å². The first-order chi connectivity index (χ1) is 8.18. The van der Waals surface area contributed by atoms with Crippen molar-refractivity contribution in [3.05, 3.63) is 0 Å². The zero-order valence-electron chi connectivity index (χ0n) is 11.6. The molecule has 1 rings (SSSR count). The molecule has 0 heterocycles. The summed E-state index contributed by atoms with van der Waals surface area (Å²) >= 11 is 0. The van der Waals surface area contributed by atoms with Crippen molar-refractivity contribution in [2.24, 2.45) is 5.41 Å². The molecule has 5 nitrogen and oxygen atoms in total. The van der Waals surface area contributed by atoms with E-state index in [0.29, 0.717) is 6.54 Å². The molecule has 2 unspecified atom stereocenters. The number of rotatable bonds is 5. The maximum absolute atomic E-state index is 11.6. The first kappa shape index (κ1) is 15.4. The van der Waals surface area contributed by atoms with Gasteiger partial charge in [-0.25, -0.2) is 8.42 Å². The van der Waals surface area contributed by atoms with Crippen molar-refractivity contribution in [3.8, 4) is 0 Å². The number of hydrogen-bond donors (Lipinski definition) is 2. The van der Waals surface area contributed by atoms with Crippen LogP contribution in [0.5, 0.6) is 0 Å². The fourth-order valence-corrected chi connectivity index (χ4v) is 3.90. The Morgan fingerprint density at radius 2 is 1.94 bits per heavy atom. The number of carbonyl (C=O) groups excluding carboxylic acids is 1. The van der Waals surface area contributed by atoms with Gasteiger partial charge >= 0.3 is 0 Å². The van der Waals surface area contributed by atoms with Gasteiger partial charge in [0.25, 0.3) is 0 Å². The van der Waals surface area contributed by atoms with Crippen LogP contribution >= 0.6 is 0 Å². The normalized spacial score (nSPS) is 25.1. The molecule has 0 aliphatic heterocycles. The summed E-state index contributed by atoms with van der Waals surface area (Å²) in [5.41, 5.74) is -0.528. The van der Waals surface area contributed by atoms with Crippen LogP contribution in [0, 0.1) is 5.41 Å². The monoisotopic (exact) mass is 276 g/mol. The van der Waals surface area contributed by atoms with Crippen molar-refractivity contribution in [2.45, 2.75) is 44.4 Å². The van der Waals surface area contributed by atoms with Crippen molar-refractivity contribution in [3.63, 3.8) is 0 Å². The summed E-state index contributed by atoms with van der Waals surface area (Å²) in [6.07, 6.45) is 3.80. The molecule has 18 heavy (non-hydrogen) atoms. The number of amides is 1. The second kappa shape index (κ2) is 5.57. The molecule has 0 saturated heterocycles. The van der Waals surface area contributed by atoms with E-state index in [1.165, 1.54) is 6.26 Å². The predicted octanol–water partition coefficient (Wildman–Crippen LogP) is 0.314. The Balaban J connectivity index is 2.61. The Kier molecular flexibility index (Phi) is 4.78. The van der Waals surface area contributed by atoms with Gasteiger partial charge in [-0.05, 0) is 26.7 Å². The topological polar surface area (TPSA) is 75.3 Å². The van der Waals surface area contributed by atoms with E-state index in [1.54, 1.807) is 7.05 Å². The van der Waals surface area contributed by atoms with E-state index in [4.69, 9.17) is 0 Å². The van der Waals surface area contributed by atoms with Gasteiger partial charge in [0.15, 0.2) is 9.84 Å². The van der Waals surface area contributed by atoms with Gasteiger partial charge in [-0.3, -0.25) is 4.79 Å². The molecular weight excluding hydrogens is 252 g/mol. The Labute approximate surface area is 110 Å².